The molecule has 0 radical (unpaired) electrons. The molecule has 132 valence electrons. The molecule has 2 N–H and O–H groups in total. The highest BCUT2D eigenvalue weighted by molar-refractivity contribution is 7.99. The van der Waals surface area contributed by atoms with Gasteiger partial charge >= 0.3 is 0 Å². The number of fused-ring (bicyclic) bond motifs is 1. The molecule has 9 heteroatoms. The molecule has 1 aromatic carbocycles. The van der Waals surface area contributed by atoms with Crippen LogP contribution in [-0.2, 0) is 11.2 Å². The monoisotopic (exact) mass is 401 g/mol. The largest absolute Gasteiger partial charge is 0.301 e. The van der Waals surface area contributed by atoms with Crippen LogP contribution in [0.5, 0.6) is 0 Å². The van der Waals surface area contributed by atoms with Gasteiger partial charge in [0.1, 0.15) is 5.82 Å². The van der Waals surface area contributed by atoms with E-state index in [0.29, 0.717) is 10.3 Å². The number of thiophene rings is 1. The molecule has 26 heavy (non-hydrogen) atoms. The van der Waals surface area contributed by atoms with Gasteiger partial charge in [-0.15, -0.1) is 16.4 Å². The van der Waals surface area contributed by atoms with Gasteiger partial charge in [-0.1, -0.05) is 35.2 Å². The Kier molecular flexibility index (Phi) is 5.00. The SMILES string of the molecule is Cc1ccc2nc(NC(=O)CSc3n[nH]c(Cc4cccs4)n3)sc2c1. The van der Waals surface area contributed by atoms with Gasteiger partial charge in [-0.05, 0) is 36.1 Å². The fourth-order valence-electron chi connectivity index (χ4n) is 2.37. The first kappa shape index (κ1) is 17.2. The number of aromatic amines is 1. The number of nitrogens with one attached hydrogen (secondary N) is 2. The second-order valence-corrected chi connectivity index (χ2v) is 8.65. The Morgan fingerprint density at radius 2 is 2.23 bits per heavy atom. The summed E-state index contributed by atoms with van der Waals surface area (Å²) in [5, 5.41) is 13.2. The molecule has 1 amide bonds. The molecule has 0 spiro atoms. The maximum Gasteiger partial charge on any atom is 0.236 e. The van der Waals surface area contributed by atoms with Gasteiger partial charge in [0.05, 0.1) is 16.0 Å². The number of benzene rings is 1. The second kappa shape index (κ2) is 7.56. The average Bonchev–Trinajstić information content (AvgIpc) is 3.34. The van der Waals surface area contributed by atoms with E-state index < -0.39 is 0 Å². The zero-order valence-electron chi connectivity index (χ0n) is 13.9. The molecule has 4 aromatic rings. The van der Waals surface area contributed by atoms with E-state index >= 15 is 0 Å². The first-order valence-corrected chi connectivity index (χ1v) is 10.6. The number of rotatable bonds is 6. The lowest BCUT2D eigenvalue weighted by molar-refractivity contribution is -0.113. The van der Waals surface area contributed by atoms with Crippen molar-refractivity contribution in [1.29, 1.82) is 0 Å². The molecule has 0 saturated carbocycles. The number of carbonyl (C=O) groups is 1. The number of aromatic nitrogens is 4. The third-order valence-electron chi connectivity index (χ3n) is 3.56. The zero-order valence-corrected chi connectivity index (χ0v) is 16.3. The van der Waals surface area contributed by atoms with Crippen molar-refractivity contribution in [2.24, 2.45) is 0 Å². The summed E-state index contributed by atoms with van der Waals surface area (Å²) in [6.07, 6.45) is 0.725. The van der Waals surface area contributed by atoms with E-state index in [4.69, 9.17) is 0 Å². The standard InChI is InChI=1S/C17H15N5OS3/c1-10-4-5-12-13(7-10)26-16(18-12)20-15(23)9-25-17-19-14(21-22-17)8-11-3-2-6-24-11/h2-7H,8-9H2,1H3,(H,18,20,23)(H,19,21,22). The van der Waals surface area contributed by atoms with Crippen molar-refractivity contribution in [3.8, 4) is 0 Å². The van der Waals surface area contributed by atoms with Crippen LogP contribution < -0.4 is 5.32 Å². The minimum absolute atomic E-state index is 0.115. The second-order valence-electron chi connectivity index (χ2n) is 5.65. The number of carbonyl (C=O) groups excluding carboxylic acids is 1. The lowest BCUT2D eigenvalue weighted by Crippen LogP contribution is -2.13. The van der Waals surface area contributed by atoms with Gasteiger partial charge in [-0.25, -0.2) is 9.97 Å². The Bertz CT molecular complexity index is 1040. The lowest BCUT2D eigenvalue weighted by Gasteiger charge is -1.98. The third kappa shape index (κ3) is 4.12. The summed E-state index contributed by atoms with van der Waals surface area (Å²) in [5.41, 5.74) is 2.08. The fraction of sp³-hybridized carbons (Fsp3) is 0.176. The molecule has 0 fully saturated rings. The van der Waals surface area contributed by atoms with E-state index in [9.17, 15) is 4.79 Å². The van der Waals surface area contributed by atoms with Crippen LogP contribution in [0.25, 0.3) is 10.2 Å². The predicted molar refractivity (Wildman–Crippen MR) is 107 cm³/mol. The number of hydrogen-bond acceptors (Lipinski definition) is 7. The highest BCUT2D eigenvalue weighted by Gasteiger charge is 2.11. The van der Waals surface area contributed by atoms with Gasteiger partial charge in [-0.3, -0.25) is 9.89 Å². The van der Waals surface area contributed by atoms with Gasteiger partial charge in [0.25, 0.3) is 0 Å². The van der Waals surface area contributed by atoms with Gasteiger partial charge in [0.2, 0.25) is 11.1 Å². The van der Waals surface area contributed by atoms with Crippen molar-refractivity contribution in [3.05, 3.63) is 52.0 Å². The normalized spacial score (nSPS) is 11.1. The molecule has 6 nitrogen and oxygen atoms in total. The molecule has 3 aromatic heterocycles. The molecule has 0 saturated heterocycles. The number of hydrogen-bond donors (Lipinski definition) is 2. The van der Waals surface area contributed by atoms with E-state index in [1.54, 1.807) is 11.3 Å². The summed E-state index contributed by atoms with van der Waals surface area (Å²) in [4.78, 5) is 22.2. The van der Waals surface area contributed by atoms with Crippen molar-refractivity contribution in [2.45, 2.75) is 18.5 Å². The van der Waals surface area contributed by atoms with E-state index in [1.165, 1.54) is 33.5 Å². The Hall–Kier alpha value is -2.23. The van der Waals surface area contributed by atoms with Crippen LogP contribution in [0, 0.1) is 6.92 Å². The van der Waals surface area contributed by atoms with E-state index in [-0.39, 0.29) is 11.7 Å². The van der Waals surface area contributed by atoms with Crippen molar-refractivity contribution in [1.82, 2.24) is 20.2 Å². The smallest absolute Gasteiger partial charge is 0.236 e. The van der Waals surface area contributed by atoms with Gasteiger partial charge in [0, 0.05) is 11.3 Å². The van der Waals surface area contributed by atoms with Crippen LogP contribution in [0.2, 0.25) is 0 Å². The molecular formula is C17H15N5OS3. The lowest BCUT2D eigenvalue weighted by atomic mass is 10.2. The highest BCUT2D eigenvalue weighted by atomic mass is 32.2. The number of H-pyrrole nitrogens is 1. The number of amides is 1. The third-order valence-corrected chi connectivity index (χ3v) is 6.21. The van der Waals surface area contributed by atoms with E-state index in [1.807, 2.05) is 30.5 Å². The first-order chi connectivity index (χ1) is 12.7. The molecule has 0 aliphatic heterocycles. The molecule has 0 unspecified atom stereocenters. The first-order valence-electron chi connectivity index (χ1n) is 7.89. The summed E-state index contributed by atoms with van der Waals surface area (Å²) in [7, 11) is 0. The Morgan fingerprint density at radius 3 is 3.08 bits per heavy atom. The molecule has 0 bridgehead atoms. The molecule has 3 heterocycles. The summed E-state index contributed by atoms with van der Waals surface area (Å²) >= 11 is 4.47. The Labute approximate surface area is 162 Å². The Balaban J connectivity index is 1.32. The Morgan fingerprint density at radius 1 is 1.31 bits per heavy atom. The number of anilines is 1. The molecule has 0 atom stereocenters. The fourth-order valence-corrected chi connectivity index (χ4v) is 4.68. The minimum atomic E-state index is -0.115. The van der Waals surface area contributed by atoms with Crippen LogP contribution in [-0.4, -0.2) is 31.8 Å². The van der Waals surface area contributed by atoms with E-state index in [2.05, 4.69) is 37.6 Å². The molecule has 4 rings (SSSR count). The minimum Gasteiger partial charge on any atom is -0.301 e. The summed E-state index contributed by atoms with van der Waals surface area (Å²) in [6.45, 7) is 2.04. The summed E-state index contributed by atoms with van der Waals surface area (Å²) in [5.74, 6) is 0.929. The van der Waals surface area contributed by atoms with E-state index in [0.717, 1.165) is 22.5 Å². The van der Waals surface area contributed by atoms with Crippen molar-refractivity contribution < 1.29 is 4.79 Å². The molecule has 0 aliphatic rings. The van der Waals surface area contributed by atoms with Crippen molar-refractivity contribution in [2.75, 3.05) is 11.1 Å². The topological polar surface area (TPSA) is 83.6 Å². The van der Waals surface area contributed by atoms with Gasteiger partial charge < -0.3 is 5.32 Å². The van der Waals surface area contributed by atoms with Crippen molar-refractivity contribution >= 4 is 55.7 Å². The number of aryl methyl sites for hydroxylation is 1. The van der Waals surface area contributed by atoms with Crippen LogP contribution in [0.1, 0.15) is 16.3 Å². The number of thiazole rings is 1. The van der Waals surface area contributed by atoms with Crippen LogP contribution in [0.15, 0.2) is 40.9 Å². The maximum atomic E-state index is 12.2. The van der Waals surface area contributed by atoms with Crippen LogP contribution in [0.3, 0.4) is 0 Å². The summed E-state index contributed by atoms with van der Waals surface area (Å²) < 4.78 is 1.07. The number of nitrogens with zero attached hydrogens (tertiary/aromatic N) is 3. The van der Waals surface area contributed by atoms with Crippen LogP contribution in [0.4, 0.5) is 5.13 Å². The molecule has 0 aliphatic carbocycles. The maximum absolute atomic E-state index is 12.2. The predicted octanol–water partition coefficient (Wildman–Crippen LogP) is 4.11. The van der Waals surface area contributed by atoms with Gasteiger partial charge in [-0.2, -0.15) is 0 Å². The average molecular weight is 402 g/mol. The van der Waals surface area contributed by atoms with Crippen LogP contribution >= 0.6 is 34.4 Å². The molecular weight excluding hydrogens is 386 g/mol. The van der Waals surface area contributed by atoms with Crippen molar-refractivity contribution in [3.63, 3.8) is 0 Å². The highest BCUT2D eigenvalue weighted by Crippen LogP contribution is 2.27. The summed E-state index contributed by atoms with van der Waals surface area (Å²) in [6, 6.07) is 10.1. The van der Waals surface area contributed by atoms with Gasteiger partial charge in [0.15, 0.2) is 5.13 Å². The quantitative estimate of drug-likeness (QED) is 0.475. The zero-order chi connectivity index (χ0) is 17.9. The number of thioether (sulfide) groups is 1.